The van der Waals surface area contributed by atoms with Gasteiger partial charge in [0.05, 0.1) is 29.7 Å². The molecule has 0 unspecified atom stereocenters. The van der Waals surface area contributed by atoms with Crippen LogP contribution in [0.25, 0.3) is 0 Å². The van der Waals surface area contributed by atoms with Gasteiger partial charge in [-0.3, -0.25) is 9.78 Å². The lowest BCUT2D eigenvalue weighted by Crippen LogP contribution is -2.14. The van der Waals surface area contributed by atoms with E-state index in [2.05, 4.69) is 20.6 Å². The third kappa shape index (κ3) is 5.04. The summed E-state index contributed by atoms with van der Waals surface area (Å²) < 4.78 is 37.6. The first-order chi connectivity index (χ1) is 12.9. The summed E-state index contributed by atoms with van der Waals surface area (Å²) in [5, 5.41) is 5.65. The van der Waals surface area contributed by atoms with E-state index in [1.165, 1.54) is 24.4 Å². The van der Waals surface area contributed by atoms with Gasteiger partial charge in [-0.25, -0.2) is 4.98 Å². The van der Waals surface area contributed by atoms with E-state index in [-0.39, 0.29) is 11.4 Å². The van der Waals surface area contributed by atoms with Crippen molar-refractivity contribution in [2.24, 2.45) is 0 Å². The molecule has 0 bridgehead atoms. The summed E-state index contributed by atoms with van der Waals surface area (Å²) in [6.07, 6.45) is -1.21. The molecule has 0 aliphatic carbocycles. The average Bonchev–Trinajstić information content (AvgIpc) is 2.67. The van der Waals surface area contributed by atoms with E-state index >= 15 is 0 Å². The van der Waals surface area contributed by atoms with Crippen molar-refractivity contribution < 1.29 is 18.0 Å². The average molecular weight is 372 g/mol. The van der Waals surface area contributed by atoms with Gasteiger partial charge in [0, 0.05) is 11.9 Å². The molecule has 2 heterocycles. The lowest BCUT2D eigenvalue weighted by atomic mass is 10.2. The van der Waals surface area contributed by atoms with Gasteiger partial charge >= 0.3 is 6.18 Å². The normalized spacial score (nSPS) is 11.1. The van der Waals surface area contributed by atoms with Gasteiger partial charge in [0.25, 0.3) is 5.91 Å². The molecule has 1 aromatic carbocycles. The molecule has 0 aliphatic heterocycles. The molecule has 3 aromatic rings. The zero-order valence-electron chi connectivity index (χ0n) is 14.0. The van der Waals surface area contributed by atoms with E-state index < -0.39 is 17.6 Å². The maximum atomic E-state index is 12.5. The predicted molar refractivity (Wildman–Crippen MR) is 95.2 cm³/mol. The molecule has 0 radical (unpaired) electrons. The number of rotatable bonds is 5. The third-order valence-electron chi connectivity index (χ3n) is 3.67. The Hall–Kier alpha value is -3.42. The number of pyridine rings is 2. The highest BCUT2D eigenvalue weighted by atomic mass is 19.4. The molecule has 8 heteroatoms. The van der Waals surface area contributed by atoms with Crippen LogP contribution in [0.2, 0.25) is 0 Å². The fourth-order valence-electron chi connectivity index (χ4n) is 2.27. The number of carbonyl (C=O) groups is 1. The van der Waals surface area contributed by atoms with Gasteiger partial charge in [-0.15, -0.1) is 0 Å². The number of alkyl halides is 3. The first-order valence-corrected chi connectivity index (χ1v) is 8.00. The van der Waals surface area contributed by atoms with Crippen molar-refractivity contribution in [1.82, 2.24) is 9.97 Å². The number of aromatic nitrogens is 2. The summed E-state index contributed by atoms with van der Waals surface area (Å²) >= 11 is 0. The summed E-state index contributed by atoms with van der Waals surface area (Å²) in [7, 11) is 0. The Morgan fingerprint density at radius 2 is 1.67 bits per heavy atom. The Bertz CT molecular complexity index is 895. The number of nitrogens with zero attached hydrogens (tertiary/aromatic N) is 2. The Morgan fingerprint density at radius 1 is 0.926 bits per heavy atom. The van der Waals surface area contributed by atoms with E-state index in [0.717, 1.165) is 17.8 Å². The zero-order valence-corrected chi connectivity index (χ0v) is 14.0. The van der Waals surface area contributed by atoms with Crippen LogP contribution in [0.3, 0.4) is 0 Å². The van der Waals surface area contributed by atoms with E-state index in [4.69, 9.17) is 0 Å². The summed E-state index contributed by atoms with van der Waals surface area (Å²) in [5.74, 6) is -0.508. The fraction of sp³-hybridized carbons (Fsp3) is 0.105. The largest absolute Gasteiger partial charge is 0.416 e. The fourth-order valence-corrected chi connectivity index (χ4v) is 2.27. The van der Waals surface area contributed by atoms with Gasteiger partial charge in [-0.1, -0.05) is 6.07 Å². The number of anilines is 2. The number of hydrogen-bond donors (Lipinski definition) is 2. The quantitative estimate of drug-likeness (QED) is 0.698. The smallest absolute Gasteiger partial charge is 0.378 e. The van der Waals surface area contributed by atoms with Gasteiger partial charge in [0.15, 0.2) is 0 Å². The van der Waals surface area contributed by atoms with Crippen molar-refractivity contribution >= 4 is 17.3 Å². The molecule has 0 saturated heterocycles. The van der Waals surface area contributed by atoms with Crippen molar-refractivity contribution in [2.75, 3.05) is 10.6 Å². The molecule has 0 saturated carbocycles. The monoisotopic (exact) mass is 372 g/mol. The lowest BCUT2D eigenvalue weighted by molar-refractivity contribution is -0.137. The molecule has 0 aliphatic rings. The molecule has 138 valence electrons. The number of carbonyl (C=O) groups excluding carboxylic acids is 1. The van der Waals surface area contributed by atoms with Crippen LogP contribution in [-0.4, -0.2) is 15.9 Å². The van der Waals surface area contributed by atoms with Crippen LogP contribution in [0.4, 0.5) is 24.5 Å². The van der Waals surface area contributed by atoms with Crippen LogP contribution in [0.15, 0.2) is 67.0 Å². The standard InChI is InChI=1S/C19H15F3N4O/c20-19(21,22)13-4-6-14(7-5-13)26-18(27)17-9-8-16(12-25-17)24-11-15-3-1-2-10-23-15/h1-10,12,24H,11H2,(H,26,27). The number of benzene rings is 1. The first-order valence-electron chi connectivity index (χ1n) is 8.00. The minimum Gasteiger partial charge on any atom is -0.378 e. The molecule has 0 atom stereocenters. The first kappa shape index (κ1) is 18.4. The van der Waals surface area contributed by atoms with Crippen molar-refractivity contribution in [2.45, 2.75) is 12.7 Å². The highest BCUT2D eigenvalue weighted by Gasteiger charge is 2.30. The Balaban J connectivity index is 1.58. The van der Waals surface area contributed by atoms with Gasteiger partial charge in [0.2, 0.25) is 0 Å². The highest BCUT2D eigenvalue weighted by Crippen LogP contribution is 2.29. The second kappa shape index (κ2) is 7.86. The van der Waals surface area contributed by atoms with Crippen LogP contribution in [0.1, 0.15) is 21.7 Å². The van der Waals surface area contributed by atoms with Crippen LogP contribution in [-0.2, 0) is 12.7 Å². The molecule has 5 nitrogen and oxygen atoms in total. The summed E-state index contributed by atoms with van der Waals surface area (Å²) in [6.45, 7) is 0.514. The number of nitrogens with one attached hydrogen (secondary N) is 2. The zero-order chi connectivity index (χ0) is 19.3. The maximum absolute atomic E-state index is 12.5. The van der Waals surface area contributed by atoms with Crippen LogP contribution >= 0.6 is 0 Å². The molecule has 27 heavy (non-hydrogen) atoms. The summed E-state index contributed by atoms with van der Waals surface area (Å²) in [6, 6.07) is 13.0. The SMILES string of the molecule is O=C(Nc1ccc(C(F)(F)F)cc1)c1ccc(NCc2ccccn2)cn1. The van der Waals surface area contributed by atoms with Crippen LogP contribution in [0, 0.1) is 0 Å². The second-order valence-corrected chi connectivity index (χ2v) is 5.64. The van der Waals surface area contributed by atoms with Crippen LogP contribution < -0.4 is 10.6 Å². The molecule has 1 amide bonds. The third-order valence-corrected chi connectivity index (χ3v) is 3.67. The molecule has 0 fully saturated rings. The maximum Gasteiger partial charge on any atom is 0.416 e. The van der Waals surface area contributed by atoms with Gasteiger partial charge < -0.3 is 10.6 Å². The molecular formula is C19H15F3N4O. The van der Waals surface area contributed by atoms with E-state index in [1.54, 1.807) is 12.3 Å². The molecule has 2 aromatic heterocycles. The summed E-state index contributed by atoms with van der Waals surface area (Å²) in [4.78, 5) is 20.4. The lowest BCUT2D eigenvalue weighted by Gasteiger charge is -2.09. The minimum atomic E-state index is -4.41. The summed E-state index contributed by atoms with van der Waals surface area (Å²) in [5.41, 5.74) is 1.21. The van der Waals surface area contributed by atoms with E-state index in [9.17, 15) is 18.0 Å². The Labute approximate surface area is 153 Å². The van der Waals surface area contributed by atoms with Crippen LogP contribution in [0.5, 0.6) is 0 Å². The highest BCUT2D eigenvalue weighted by molar-refractivity contribution is 6.02. The van der Waals surface area contributed by atoms with Crippen molar-refractivity contribution in [1.29, 1.82) is 0 Å². The van der Waals surface area contributed by atoms with Gasteiger partial charge in [-0.2, -0.15) is 13.2 Å². The Morgan fingerprint density at radius 3 is 2.26 bits per heavy atom. The molecule has 0 spiro atoms. The van der Waals surface area contributed by atoms with Gasteiger partial charge in [-0.05, 0) is 48.5 Å². The molecule has 3 rings (SSSR count). The van der Waals surface area contributed by atoms with Crippen molar-refractivity contribution in [3.05, 3.63) is 83.9 Å². The second-order valence-electron chi connectivity index (χ2n) is 5.64. The predicted octanol–water partition coefficient (Wildman–Crippen LogP) is 4.36. The Kier molecular flexibility index (Phi) is 5.35. The van der Waals surface area contributed by atoms with E-state index in [1.807, 2.05) is 18.2 Å². The molecular weight excluding hydrogens is 357 g/mol. The van der Waals surface area contributed by atoms with Gasteiger partial charge in [0.1, 0.15) is 5.69 Å². The minimum absolute atomic E-state index is 0.151. The number of amides is 1. The van der Waals surface area contributed by atoms with Crippen molar-refractivity contribution in [3.63, 3.8) is 0 Å². The number of halogens is 3. The molecule has 2 N–H and O–H groups in total. The van der Waals surface area contributed by atoms with E-state index in [0.29, 0.717) is 12.2 Å². The number of hydrogen-bond acceptors (Lipinski definition) is 4. The van der Waals surface area contributed by atoms with Crippen molar-refractivity contribution in [3.8, 4) is 0 Å². The topological polar surface area (TPSA) is 66.9 Å².